The van der Waals surface area contributed by atoms with Gasteiger partial charge in [-0.25, -0.2) is 4.79 Å². The monoisotopic (exact) mass is 330 g/mol. The van der Waals surface area contributed by atoms with Crippen molar-refractivity contribution in [2.75, 3.05) is 40.8 Å². The molecule has 15 heavy (non-hydrogen) atoms. The first kappa shape index (κ1) is 17.4. The highest BCUT2D eigenvalue weighted by Crippen LogP contribution is 1.90. The number of alkyl carbamates (subject to hydrolysis) is 1. The highest BCUT2D eigenvalue weighted by atomic mass is 127. The van der Waals surface area contributed by atoms with Crippen LogP contribution in [0.4, 0.5) is 4.79 Å². The Morgan fingerprint density at radius 2 is 1.93 bits per heavy atom. The Morgan fingerprint density at radius 3 is 2.40 bits per heavy atom. The zero-order valence-corrected chi connectivity index (χ0v) is 12.3. The lowest BCUT2D eigenvalue weighted by Crippen LogP contribution is -3.00. The maximum atomic E-state index is 11.1. The van der Waals surface area contributed by atoms with Crippen LogP contribution in [-0.4, -0.2) is 51.4 Å². The van der Waals surface area contributed by atoms with E-state index in [1.54, 1.807) is 0 Å². The van der Waals surface area contributed by atoms with Crippen LogP contribution in [0.15, 0.2) is 0 Å². The summed E-state index contributed by atoms with van der Waals surface area (Å²) >= 11 is 0. The highest BCUT2D eigenvalue weighted by molar-refractivity contribution is 5.66. The van der Waals surface area contributed by atoms with Crippen molar-refractivity contribution < 1.29 is 38.0 Å². The molecule has 0 aliphatic carbocycles. The average molecular weight is 330 g/mol. The van der Waals surface area contributed by atoms with Crippen LogP contribution in [0.5, 0.6) is 0 Å². The summed E-state index contributed by atoms with van der Waals surface area (Å²) in [6, 6.07) is 0. The number of rotatable bonds is 6. The van der Waals surface area contributed by atoms with Crippen molar-refractivity contribution >= 4 is 6.09 Å². The second-order valence-corrected chi connectivity index (χ2v) is 4.43. The first-order valence-corrected chi connectivity index (χ1v) is 5.17. The quantitative estimate of drug-likeness (QED) is 0.355. The summed E-state index contributed by atoms with van der Waals surface area (Å²) in [5.74, 6) is 0. The zero-order chi connectivity index (χ0) is 11.0. The minimum Gasteiger partial charge on any atom is -1.00 e. The third-order valence-electron chi connectivity index (χ3n) is 1.79. The SMILES string of the molecule is CCCCNC(=O)OCC[N+](C)(C)C.[I-]. The summed E-state index contributed by atoms with van der Waals surface area (Å²) in [7, 11) is 6.20. The number of carbonyl (C=O) groups excluding carboxylic acids is 1. The van der Waals surface area contributed by atoms with Gasteiger partial charge in [0.2, 0.25) is 0 Å². The van der Waals surface area contributed by atoms with Crippen molar-refractivity contribution in [3.8, 4) is 0 Å². The van der Waals surface area contributed by atoms with Crippen molar-refractivity contribution in [1.29, 1.82) is 0 Å². The molecule has 4 nitrogen and oxygen atoms in total. The van der Waals surface area contributed by atoms with Gasteiger partial charge < -0.3 is 38.5 Å². The summed E-state index contributed by atoms with van der Waals surface area (Å²) in [6.45, 7) is 4.10. The Labute approximate surface area is 110 Å². The number of hydrogen-bond acceptors (Lipinski definition) is 2. The van der Waals surface area contributed by atoms with Crippen LogP contribution >= 0.6 is 0 Å². The van der Waals surface area contributed by atoms with E-state index in [0.29, 0.717) is 13.2 Å². The van der Waals surface area contributed by atoms with Crippen LogP contribution in [0, 0.1) is 0 Å². The largest absolute Gasteiger partial charge is 1.00 e. The fourth-order valence-corrected chi connectivity index (χ4v) is 0.830. The minimum atomic E-state index is -0.299. The van der Waals surface area contributed by atoms with E-state index >= 15 is 0 Å². The van der Waals surface area contributed by atoms with Crippen LogP contribution in [0.1, 0.15) is 19.8 Å². The molecule has 1 N–H and O–H groups in total. The normalized spacial score (nSPS) is 10.4. The standard InChI is InChI=1S/C10H22N2O2.HI/c1-5-6-7-11-10(13)14-9-8-12(2,3)4;/h5-9H2,1-4H3;1H. The van der Waals surface area contributed by atoms with Crippen molar-refractivity contribution in [1.82, 2.24) is 5.32 Å². The van der Waals surface area contributed by atoms with Crippen molar-refractivity contribution in [3.05, 3.63) is 0 Å². The molecule has 0 radical (unpaired) electrons. The lowest BCUT2D eigenvalue weighted by molar-refractivity contribution is -0.870. The number of ether oxygens (including phenoxy) is 1. The molecule has 0 atom stereocenters. The highest BCUT2D eigenvalue weighted by Gasteiger charge is 2.08. The molecule has 0 saturated carbocycles. The number of nitrogens with one attached hydrogen (secondary N) is 1. The van der Waals surface area contributed by atoms with E-state index in [1.165, 1.54) is 0 Å². The fraction of sp³-hybridized carbons (Fsp3) is 0.900. The number of halogens is 1. The van der Waals surface area contributed by atoms with Gasteiger partial charge >= 0.3 is 6.09 Å². The lowest BCUT2D eigenvalue weighted by Gasteiger charge is -2.23. The molecule has 0 spiro atoms. The molecular formula is C10H23IN2O2. The topological polar surface area (TPSA) is 38.3 Å². The molecule has 0 aromatic carbocycles. The van der Waals surface area contributed by atoms with Crippen molar-refractivity contribution in [3.63, 3.8) is 0 Å². The molecule has 0 saturated heterocycles. The second-order valence-electron chi connectivity index (χ2n) is 4.43. The number of unbranched alkanes of at least 4 members (excludes halogenated alkanes) is 1. The molecule has 0 aromatic heterocycles. The Bertz CT molecular complexity index is 169. The Kier molecular flexibility index (Phi) is 10.7. The lowest BCUT2D eigenvalue weighted by atomic mass is 10.3. The van der Waals surface area contributed by atoms with E-state index in [9.17, 15) is 4.79 Å². The first-order valence-electron chi connectivity index (χ1n) is 5.17. The second kappa shape index (κ2) is 9.21. The van der Waals surface area contributed by atoms with Crippen LogP contribution in [-0.2, 0) is 4.74 Å². The Balaban J connectivity index is 0. The predicted octanol–water partition coefficient (Wildman–Crippen LogP) is -1.78. The molecule has 0 rings (SSSR count). The van der Waals surface area contributed by atoms with Gasteiger partial charge in [-0.2, -0.15) is 0 Å². The number of hydrogen-bond donors (Lipinski definition) is 1. The van der Waals surface area contributed by atoms with E-state index < -0.39 is 0 Å². The van der Waals surface area contributed by atoms with Crippen molar-refractivity contribution in [2.45, 2.75) is 19.8 Å². The van der Waals surface area contributed by atoms with E-state index in [-0.39, 0.29) is 30.1 Å². The Morgan fingerprint density at radius 1 is 1.33 bits per heavy atom. The predicted molar refractivity (Wildman–Crippen MR) is 57.2 cm³/mol. The summed E-state index contributed by atoms with van der Waals surface area (Å²) in [6.07, 6.45) is 1.79. The molecule has 0 heterocycles. The van der Waals surface area contributed by atoms with Gasteiger partial charge in [-0.1, -0.05) is 13.3 Å². The van der Waals surface area contributed by atoms with E-state index in [2.05, 4.69) is 33.4 Å². The number of carbonyl (C=O) groups is 1. The van der Waals surface area contributed by atoms with Gasteiger partial charge in [-0.3, -0.25) is 0 Å². The van der Waals surface area contributed by atoms with Gasteiger partial charge in [0.25, 0.3) is 0 Å². The van der Waals surface area contributed by atoms with E-state index in [0.717, 1.165) is 23.9 Å². The maximum Gasteiger partial charge on any atom is 0.407 e. The number of nitrogens with zero attached hydrogens (tertiary/aromatic N) is 1. The molecule has 0 fully saturated rings. The van der Waals surface area contributed by atoms with Crippen molar-refractivity contribution in [2.24, 2.45) is 0 Å². The molecule has 0 bridgehead atoms. The first-order chi connectivity index (χ1) is 6.45. The summed E-state index contributed by atoms with van der Waals surface area (Å²) in [5, 5.41) is 2.70. The summed E-state index contributed by atoms with van der Waals surface area (Å²) in [5.41, 5.74) is 0. The van der Waals surface area contributed by atoms with Gasteiger partial charge in [-0.15, -0.1) is 0 Å². The van der Waals surface area contributed by atoms with Gasteiger partial charge in [-0.05, 0) is 6.42 Å². The smallest absolute Gasteiger partial charge is 0.407 e. The molecule has 0 aromatic rings. The van der Waals surface area contributed by atoms with Gasteiger partial charge in [0.15, 0.2) is 0 Å². The average Bonchev–Trinajstić information content (AvgIpc) is 2.02. The molecule has 0 aliphatic heterocycles. The minimum absolute atomic E-state index is 0. The third-order valence-corrected chi connectivity index (χ3v) is 1.79. The number of likely N-dealkylation sites (N-methyl/N-ethyl adjacent to an activating group) is 1. The van der Waals surface area contributed by atoms with Crippen LogP contribution in [0.25, 0.3) is 0 Å². The van der Waals surface area contributed by atoms with Crippen LogP contribution < -0.4 is 29.3 Å². The molecular weight excluding hydrogens is 307 g/mol. The molecule has 1 amide bonds. The molecule has 0 aliphatic rings. The summed E-state index contributed by atoms with van der Waals surface area (Å²) < 4.78 is 5.81. The van der Waals surface area contributed by atoms with Gasteiger partial charge in [0, 0.05) is 6.54 Å². The fourth-order valence-electron chi connectivity index (χ4n) is 0.830. The Hall–Kier alpha value is -0.0400. The van der Waals surface area contributed by atoms with Gasteiger partial charge in [0.1, 0.15) is 13.2 Å². The van der Waals surface area contributed by atoms with Crippen LogP contribution in [0.2, 0.25) is 0 Å². The molecule has 5 heteroatoms. The summed E-state index contributed by atoms with van der Waals surface area (Å²) in [4.78, 5) is 11.1. The van der Waals surface area contributed by atoms with E-state index in [1.807, 2.05) is 0 Å². The van der Waals surface area contributed by atoms with E-state index in [4.69, 9.17) is 4.74 Å². The molecule has 0 unspecified atom stereocenters. The maximum absolute atomic E-state index is 11.1. The zero-order valence-electron chi connectivity index (χ0n) is 10.2. The third kappa shape index (κ3) is 14.0. The van der Waals surface area contributed by atoms with Crippen LogP contribution in [0.3, 0.4) is 0 Å². The molecule has 92 valence electrons. The number of quaternary nitrogens is 1. The van der Waals surface area contributed by atoms with Gasteiger partial charge in [0.05, 0.1) is 21.1 Å². The number of amides is 1.